The number of esters is 2. The molecule has 8 nitrogen and oxygen atoms in total. The first-order chi connectivity index (χ1) is 11.5. The van der Waals surface area contributed by atoms with Gasteiger partial charge >= 0.3 is 17.9 Å². The largest absolute Gasteiger partial charge is 0.478 e. The quantitative estimate of drug-likeness (QED) is 0.422. The van der Waals surface area contributed by atoms with Crippen LogP contribution in [0.1, 0.15) is 20.7 Å². The summed E-state index contributed by atoms with van der Waals surface area (Å²) in [5.74, 6) is -2.28. The number of aliphatic hydroxyl groups is 1. The molecule has 0 bridgehead atoms. The van der Waals surface area contributed by atoms with E-state index in [1.807, 2.05) is 0 Å². The minimum atomic E-state index is -1.14. The van der Waals surface area contributed by atoms with E-state index in [1.54, 1.807) is 12.1 Å². The van der Waals surface area contributed by atoms with Gasteiger partial charge in [-0.15, -0.1) is 0 Å². The number of carbonyl (C=O) groups is 3. The molecule has 2 N–H and O–H groups in total. The number of carboxylic acids is 1. The summed E-state index contributed by atoms with van der Waals surface area (Å²) in [7, 11) is 0. The first-order valence-electron chi connectivity index (χ1n) is 7.00. The van der Waals surface area contributed by atoms with Crippen molar-refractivity contribution in [2.45, 2.75) is 6.10 Å². The van der Waals surface area contributed by atoms with Crippen LogP contribution < -0.4 is 0 Å². The number of rotatable bonds is 7. The van der Waals surface area contributed by atoms with Crippen molar-refractivity contribution in [3.05, 3.63) is 48.0 Å². The smallest absolute Gasteiger partial charge is 0.339 e. The van der Waals surface area contributed by atoms with Crippen LogP contribution in [-0.4, -0.2) is 60.7 Å². The average Bonchev–Trinajstić information content (AvgIpc) is 3.42. The molecule has 1 atom stereocenters. The monoisotopic (exact) mass is 338 g/mol. The van der Waals surface area contributed by atoms with Gasteiger partial charge in [-0.05, 0) is 12.1 Å². The zero-order valence-corrected chi connectivity index (χ0v) is 12.8. The highest BCUT2D eigenvalue weighted by molar-refractivity contribution is 6.02. The van der Waals surface area contributed by atoms with Crippen molar-refractivity contribution < 1.29 is 38.8 Å². The minimum absolute atomic E-state index is 0.0269. The van der Waals surface area contributed by atoms with E-state index in [9.17, 15) is 14.4 Å². The van der Waals surface area contributed by atoms with E-state index in [4.69, 9.17) is 19.7 Å². The second-order valence-corrected chi connectivity index (χ2v) is 4.50. The maximum Gasteiger partial charge on any atom is 0.339 e. The lowest BCUT2D eigenvalue weighted by atomic mass is 10.1. The standard InChI is InChI=1S/C11H10O5.C5H8O3/c12-10(13)8-3-1-2-4-9(8)11(14)16-6-7-5-15-7;1-2-5(7)8-4-3-6/h1-4,7H,5-6H2,(H,12,13);2,6H,1,3-4H2. The Balaban J connectivity index is 0.000000307. The van der Waals surface area contributed by atoms with Crippen LogP contribution in [0.5, 0.6) is 0 Å². The molecule has 1 unspecified atom stereocenters. The van der Waals surface area contributed by atoms with Crippen molar-refractivity contribution in [1.29, 1.82) is 0 Å². The molecule has 1 aliphatic heterocycles. The molecule has 0 aliphatic carbocycles. The third-order valence-electron chi connectivity index (χ3n) is 2.68. The lowest BCUT2D eigenvalue weighted by molar-refractivity contribution is -0.138. The van der Waals surface area contributed by atoms with Crippen molar-refractivity contribution >= 4 is 17.9 Å². The van der Waals surface area contributed by atoms with Crippen LogP contribution in [0.4, 0.5) is 0 Å². The van der Waals surface area contributed by atoms with Crippen LogP contribution in [0.15, 0.2) is 36.9 Å². The van der Waals surface area contributed by atoms with Crippen molar-refractivity contribution in [2.24, 2.45) is 0 Å². The summed E-state index contributed by atoms with van der Waals surface area (Å²) in [5, 5.41) is 17.0. The molecule has 0 amide bonds. The summed E-state index contributed by atoms with van der Waals surface area (Å²) in [5.41, 5.74) is 0.0138. The van der Waals surface area contributed by atoms with E-state index >= 15 is 0 Å². The number of hydrogen-bond donors (Lipinski definition) is 2. The van der Waals surface area contributed by atoms with Crippen molar-refractivity contribution in [3.8, 4) is 0 Å². The van der Waals surface area contributed by atoms with Gasteiger partial charge in [0.1, 0.15) is 19.3 Å². The number of carbonyl (C=O) groups excluding carboxylic acids is 2. The Morgan fingerprint density at radius 3 is 2.38 bits per heavy atom. The van der Waals surface area contributed by atoms with Crippen molar-refractivity contribution in [2.75, 3.05) is 26.4 Å². The second kappa shape index (κ2) is 10.1. The molecule has 130 valence electrons. The zero-order chi connectivity index (χ0) is 17.9. The average molecular weight is 338 g/mol. The van der Waals surface area contributed by atoms with E-state index in [1.165, 1.54) is 12.1 Å². The third kappa shape index (κ3) is 7.03. The van der Waals surface area contributed by atoms with Gasteiger partial charge in [-0.1, -0.05) is 18.7 Å². The number of epoxide rings is 1. The highest BCUT2D eigenvalue weighted by Gasteiger charge is 2.25. The Bertz CT molecular complexity index is 591. The molecule has 1 fully saturated rings. The van der Waals surface area contributed by atoms with Gasteiger partial charge in [0.2, 0.25) is 0 Å². The SMILES string of the molecule is C=CC(=O)OCCO.O=C(O)c1ccccc1C(=O)OCC1CO1. The third-order valence-corrected chi connectivity index (χ3v) is 2.68. The van der Waals surface area contributed by atoms with Gasteiger partial charge in [-0.25, -0.2) is 14.4 Å². The number of aromatic carboxylic acids is 1. The number of carboxylic acid groups (broad SMARTS) is 1. The summed E-state index contributed by atoms with van der Waals surface area (Å²) in [6, 6.07) is 5.95. The molecular weight excluding hydrogens is 320 g/mol. The maximum atomic E-state index is 11.6. The van der Waals surface area contributed by atoms with Gasteiger partial charge < -0.3 is 24.4 Å². The van der Waals surface area contributed by atoms with Crippen LogP contribution in [0.3, 0.4) is 0 Å². The predicted molar refractivity (Wildman–Crippen MR) is 81.7 cm³/mol. The van der Waals surface area contributed by atoms with Gasteiger partial charge in [0.25, 0.3) is 0 Å². The van der Waals surface area contributed by atoms with E-state index in [0.29, 0.717) is 6.61 Å². The van der Waals surface area contributed by atoms with Crippen LogP contribution >= 0.6 is 0 Å². The van der Waals surface area contributed by atoms with E-state index in [0.717, 1.165) is 6.08 Å². The van der Waals surface area contributed by atoms with Gasteiger partial charge in [0, 0.05) is 6.08 Å². The first kappa shape index (κ1) is 19.3. The summed E-state index contributed by atoms with van der Waals surface area (Å²) in [6.45, 7) is 3.83. The molecule has 1 aromatic carbocycles. The van der Waals surface area contributed by atoms with Crippen molar-refractivity contribution in [1.82, 2.24) is 0 Å². The van der Waals surface area contributed by atoms with E-state index < -0.39 is 17.9 Å². The Kier molecular flexibility index (Phi) is 8.17. The summed E-state index contributed by atoms with van der Waals surface area (Å²) >= 11 is 0. The fourth-order valence-electron chi connectivity index (χ4n) is 1.46. The lowest BCUT2D eigenvalue weighted by Crippen LogP contribution is -2.14. The van der Waals surface area contributed by atoms with Crippen LogP contribution in [-0.2, 0) is 19.0 Å². The second-order valence-electron chi connectivity index (χ2n) is 4.50. The van der Waals surface area contributed by atoms with Crippen molar-refractivity contribution in [3.63, 3.8) is 0 Å². The summed E-state index contributed by atoms with van der Waals surface area (Å²) in [6.07, 6.45) is 1.02. The molecule has 1 saturated heterocycles. The fraction of sp³-hybridized carbons (Fsp3) is 0.312. The molecule has 0 saturated carbocycles. The number of benzene rings is 1. The predicted octanol–water partition coefficient (Wildman–Crippen LogP) is 0.648. The topological polar surface area (TPSA) is 123 Å². The first-order valence-corrected chi connectivity index (χ1v) is 7.00. The molecule has 24 heavy (non-hydrogen) atoms. The van der Waals surface area contributed by atoms with E-state index in [-0.39, 0.29) is 37.1 Å². The number of hydrogen-bond acceptors (Lipinski definition) is 7. The number of aliphatic hydroxyl groups excluding tert-OH is 1. The number of ether oxygens (including phenoxy) is 3. The molecule has 0 spiro atoms. The van der Waals surface area contributed by atoms with Crippen LogP contribution in [0.2, 0.25) is 0 Å². The highest BCUT2D eigenvalue weighted by Crippen LogP contribution is 2.13. The Labute approximate surface area is 138 Å². The molecule has 1 aliphatic rings. The maximum absolute atomic E-state index is 11.6. The molecule has 0 radical (unpaired) electrons. The minimum Gasteiger partial charge on any atom is -0.478 e. The Morgan fingerprint density at radius 1 is 1.25 bits per heavy atom. The molecule has 1 heterocycles. The van der Waals surface area contributed by atoms with Gasteiger partial charge in [0.15, 0.2) is 0 Å². The molecule has 2 rings (SSSR count). The molecular formula is C16H18O8. The molecule has 0 aromatic heterocycles. The Morgan fingerprint density at radius 2 is 1.88 bits per heavy atom. The molecule has 8 heteroatoms. The lowest BCUT2D eigenvalue weighted by Gasteiger charge is -2.05. The Hall–Kier alpha value is -2.71. The van der Waals surface area contributed by atoms with Crippen LogP contribution in [0.25, 0.3) is 0 Å². The van der Waals surface area contributed by atoms with Crippen LogP contribution in [0, 0.1) is 0 Å². The fourth-order valence-corrected chi connectivity index (χ4v) is 1.46. The summed E-state index contributed by atoms with van der Waals surface area (Å²) in [4.78, 5) is 32.5. The van der Waals surface area contributed by atoms with Gasteiger partial charge in [-0.3, -0.25) is 0 Å². The van der Waals surface area contributed by atoms with Gasteiger partial charge in [-0.2, -0.15) is 0 Å². The molecule has 1 aromatic rings. The normalized spacial score (nSPS) is 14.6. The van der Waals surface area contributed by atoms with Gasteiger partial charge in [0.05, 0.1) is 24.3 Å². The van der Waals surface area contributed by atoms with E-state index in [2.05, 4.69) is 11.3 Å². The highest BCUT2D eigenvalue weighted by atomic mass is 16.6. The summed E-state index contributed by atoms with van der Waals surface area (Å²) < 4.78 is 14.1. The zero-order valence-electron chi connectivity index (χ0n) is 12.8.